The largest absolute Gasteiger partial charge is 0.416 e. The average molecular weight is 365 g/mol. The molecule has 0 N–H and O–H groups in total. The Bertz CT molecular complexity index is 821. The van der Waals surface area contributed by atoms with E-state index in [1.54, 1.807) is 0 Å². The van der Waals surface area contributed by atoms with Crippen LogP contribution in [-0.2, 0) is 16.2 Å². The van der Waals surface area contributed by atoms with Crippen molar-refractivity contribution < 1.29 is 21.6 Å². The lowest BCUT2D eigenvalue weighted by Gasteiger charge is -2.19. The molecule has 9 heteroatoms. The zero-order valence-corrected chi connectivity index (χ0v) is 13.7. The van der Waals surface area contributed by atoms with Gasteiger partial charge in [-0.05, 0) is 36.8 Å². The highest BCUT2D eigenvalue weighted by molar-refractivity contribution is 7.92. The molecule has 0 amide bonds. The van der Waals surface area contributed by atoms with E-state index in [9.17, 15) is 21.6 Å². The van der Waals surface area contributed by atoms with Gasteiger partial charge in [0.1, 0.15) is 5.82 Å². The monoisotopic (exact) mass is 364 g/mol. The smallest absolute Gasteiger partial charge is 0.253 e. The van der Waals surface area contributed by atoms with Gasteiger partial charge in [0.15, 0.2) is 0 Å². The number of halogens is 4. The van der Waals surface area contributed by atoms with E-state index in [2.05, 4.69) is 4.98 Å². The fourth-order valence-electron chi connectivity index (χ4n) is 1.90. The fraction of sp³-hybridized carbons (Fsp3) is 0.214. The summed E-state index contributed by atoms with van der Waals surface area (Å²) >= 11 is 5.68. The van der Waals surface area contributed by atoms with Crippen LogP contribution in [0.4, 0.5) is 19.0 Å². The molecule has 23 heavy (non-hydrogen) atoms. The van der Waals surface area contributed by atoms with Gasteiger partial charge < -0.3 is 0 Å². The second-order valence-corrected chi connectivity index (χ2v) is 7.19. The Hall–Kier alpha value is -1.80. The summed E-state index contributed by atoms with van der Waals surface area (Å²) in [6, 6.07) is 5.67. The van der Waals surface area contributed by atoms with Crippen LogP contribution in [0.3, 0.4) is 0 Å². The van der Waals surface area contributed by atoms with Crippen molar-refractivity contribution in [2.24, 2.45) is 0 Å². The van der Waals surface area contributed by atoms with Crippen molar-refractivity contribution in [1.82, 2.24) is 4.98 Å². The van der Waals surface area contributed by atoms with Crippen molar-refractivity contribution in [2.75, 3.05) is 11.4 Å². The average Bonchev–Trinajstić information content (AvgIpc) is 2.46. The second kappa shape index (κ2) is 6.01. The third kappa shape index (κ3) is 3.59. The number of alkyl halides is 3. The van der Waals surface area contributed by atoms with Gasteiger partial charge in [0, 0.05) is 13.2 Å². The summed E-state index contributed by atoms with van der Waals surface area (Å²) in [7, 11) is -2.97. The van der Waals surface area contributed by atoms with E-state index in [1.807, 2.05) is 0 Å². The van der Waals surface area contributed by atoms with Crippen LogP contribution in [0.2, 0.25) is 5.02 Å². The Balaban J connectivity index is 2.49. The third-order valence-electron chi connectivity index (χ3n) is 3.21. The van der Waals surface area contributed by atoms with Crippen molar-refractivity contribution in [3.05, 3.63) is 52.7 Å². The Morgan fingerprint density at radius 2 is 1.83 bits per heavy atom. The molecule has 0 radical (unpaired) electrons. The molecule has 0 aliphatic rings. The number of pyridine rings is 1. The minimum absolute atomic E-state index is 0.0449. The summed E-state index contributed by atoms with van der Waals surface area (Å²) in [6.07, 6.45) is -3.38. The molecular weight excluding hydrogens is 353 g/mol. The molecule has 0 bridgehead atoms. The van der Waals surface area contributed by atoms with Crippen LogP contribution in [0, 0.1) is 6.92 Å². The summed E-state index contributed by atoms with van der Waals surface area (Å²) in [6.45, 7) is 1.27. The predicted octanol–water partition coefficient (Wildman–Crippen LogP) is 3.89. The van der Waals surface area contributed by atoms with E-state index >= 15 is 0 Å². The minimum Gasteiger partial charge on any atom is -0.253 e. The van der Waals surface area contributed by atoms with E-state index in [4.69, 9.17) is 11.6 Å². The number of anilines is 1. The zero-order chi connectivity index (χ0) is 17.4. The Morgan fingerprint density at radius 3 is 2.35 bits per heavy atom. The van der Waals surface area contributed by atoms with Gasteiger partial charge in [0.2, 0.25) is 0 Å². The van der Waals surface area contributed by atoms with Gasteiger partial charge in [-0.3, -0.25) is 4.31 Å². The highest BCUT2D eigenvalue weighted by atomic mass is 35.5. The molecule has 0 atom stereocenters. The molecule has 1 aromatic carbocycles. The van der Waals surface area contributed by atoms with Gasteiger partial charge >= 0.3 is 6.18 Å². The van der Waals surface area contributed by atoms with E-state index < -0.39 is 26.7 Å². The molecule has 0 spiro atoms. The second-order valence-electron chi connectivity index (χ2n) is 4.78. The van der Waals surface area contributed by atoms with E-state index in [1.165, 1.54) is 32.3 Å². The molecule has 4 nitrogen and oxygen atoms in total. The van der Waals surface area contributed by atoms with Gasteiger partial charge in [-0.15, -0.1) is 0 Å². The van der Waals surface area contributed by atoms with Gasteiger partial charge in [-0.1, -0.05) is 17.7 Å². The van der Waals surface area contributed by atoms with E-state index in [-0.39, 0.29) is 11.4 Å². The fourth-order valence-corrected chi connectivity index (χ4v) is 3.19. The molecule has 0 saturated carbocycles. The van der Waals surface area contributed by atoms with Crippen LogP contribution < -0.4 is 4.31 Å². The molecule has 1 aromatic heterocycles. The number of rotatable bonds is 3. The lowest BCUT2D eigenvalue weighted by Crippen LogP contribution is -2.27. The van der Waals surface area contributed by atoms with Gasteiger partial charge in [0.25, 0.3) is 10.0 Å². The summed E-state index contributed by atoms with van der Waals surface area (Å²) in [4.78, 5) is 3.39. The summed E-state index contributed by atoms with van der Waals surface area (Å²) in [5.41, 5.74) is -1.04. The SMILES string of the molecule is Cc1ccc(S(=O)(=O)N(C)c2ccc(Cl)cn2)cc1C(F)(F)F. The molecule has 124 valence electrons. The highest BCUT2D eigenvalue weighted by Crippen LogP contribution is 2.34. The number of hydrogen-bond acceptors (Lipinski definition) is 3. The van der Waals surface area contributed by atoms with Crippen LogP contribution >= 0.6 is 11.6 Å². The minimum atomic E-state index is -4.63. The maximum Gasteiger partial charge on any atom is 0.416 e. The third-order valence-corrected chi connectivity index (χ3v) is 5.19. The number of sulfonamides is 1. The maximum absolute atomic E-state index is 12.9. The molecule has 0 saturated heterocycles. The normalized spacial score (nSPS) is 12.3. The molecule has 2 aromatic rings. The van der Waals surface area contributed by atoms with Crippen molar-refractivity contribution >= 4 is 27.4 Å². The number of benzene rings is 1. The number of aromatic nitrogens is 1. The van der Waals surface area contributed by atoms with Crippen molar-refractivity contribution in [1.29, 1.82) is 0 Å². The lowest BCUT2D eigenvalue weighted by atomic mass is 10.1. The molecule has 0 unspecified atom stereocenters. The first kappa shape index (κ1) is 17.6. The topological polar surface area (TPSA) is 50.3 Å². The first-order valence-electron chi connectivity index (χ1n) is 6.32. The van der Waals surface area contributed by atoms with Crippen LogP contribution in [0.1, 0.15) is 11.1 Å². The predicted molar refractivity (Wildman–Crippen MR) is 81.0 cm³/mol. The van der Waals surface area contributed by atoms with Gasteiger partial charge in [-0.2, -0.15) is 13.2 Å². The standard InChI is InChI=1S/C14H12ClF3N2O2S/c1-9-3-5-11(7-12(9)14(16,17)18)23(21,22)20(2)13-6-4-10(15)8-19-13/h3-8H,1-2H3. The van der Waals surface area contributed by atoms with Crippen molar-refractivity contribution in [2.45, 2.75) is 18.0 Å². The van der Waals surface area contributed by atoms with E-state index in [0.29, 0.717) is 11.1 Å². The molecular formula is C14H12ClF3N2O2S. The van der Waals surface area contributed by atoms with Gasteiger partial charge in [-0.25, -0.2) is 13.4 Å². The van der Waals surface area contributed by atoms with Crippen molar-refractivity contribution in [3.63, 3.8) is 0 Å². The zero-order valence-electron chi connectivity index (χ0n) is 12.1. The molecule has 0 fully saturated rings. The maximum atomic E-state index is 12.9. The Morgan fingerprint density at radius 1 is 1.17 bits per heavy atom. The van der Waals surface area contributed by atoms with Crippen molar-refractivity contribution in [3.8, 4) is 0 Å². The molecule has 2 rings (SSSR count). The first-order chi connectivity index (χ1) is 10.5. The molecule has 1 heterocycles. The summed E-state index contributed by atoms with van der Waals surface area (Å²) < 4.78 is 64.6. The first-order valence-corrected chi connectivity index (χ1v) is 8.13. The molecule has 0 aliphatic heterocycles. The van der Waals surface area contributed by atoms with Crippen LogP contribution in [0.15, 0.2) is 41.4 Å². The van der Waals surface area contributed by atoms with Crippen LogP contribution in [-0.4, -0.2) is 20.4 Å². The Labute approximate surface area is 136 Å². The number of nitrogens with zero attached hydrogens (tertiary/aromatic N) is 2. The molecule has 0 aliphatic carbocycles. The number of aryl methyl sites for hydroxylation is 1. The van der Waals surface area contributed by atoms with E-state index in [0.717, 1.165) is 16.4 Å². The van der Waals surface area contributed by atoms with Crippen LogP contribution in [0.5, 0.6) is 0 Å². The number of hydrogen-bond donors (Lipinski definition) is 0. The van der Waals surface area contributed by atoms with Crippen LogP contribution in [0.25, 0.3) is 0 Å². The lowest BCUT2D eigenvalue weighted by molar-refractivity contribution is -0.138. The quantitative estimate of drug-likeness (QED) is 0.830. The summed E-state index contributed by atoms with van der Waals surface area (Å²) in [5.74, 6) is 0.0449. The highest BCUT2D eigenvalue weighted by Gasteiger charge is 2.34. The Kier molecular flexibility index (Phi) is 4.59. The van der Waals surface area contributed by atoms with Gasteiger partial charge in [0.05, 0.1) is 15.5 Å². The summed E-state index contributed by atoms with van der Waals surface area (Å²) in [5, 5.41) is 0.314.